The summed E-state index contributed by atoms with van der Waals surface area (Å²) in [7, 11) is 0. The Bertz CT molecular complexity index is 129. The van der Waals surface area contributed by atoms with Crippen LogP contribution in [-0.2, 0) is 4.74 Å². The van der Waals surface area contributed by atoms with Gasteiger partial charge < -0.3 is 4.74 Å². The van der Waals surface area contributed by atoms with Crippen LogP contribution < -0.4 is 5.43 Å². The average molecular weight is 112 g/mol. The van der Waals surface area contributed by atoms with E-state index < -0.39 is 0 Å². The number of nitrogens with zero attached hydrogens (tertiary/aromatic N) is 3. The quantitative estimate of drug-likeness (QED) is 0.521. The highest BCUT2D eigenvalue weighted by molar-refractivity contribution is 4.89. The van der Waals surface area contributed by atoms with Crippen molar-refractivity contribution in [2.24, 2.45) is 10.3 Å². The molecule has 0 amide bonds. The first-order chi connectivity index (χ1) is 3.93. The van der Waals surface area contributed by atoms with Crippen molar-refractivity contribution in [1.82, 2.24) is 5.43 Å². The van der Waals surface area contributed by atoms with Gasteiger partial charge in [0.15, 0.2) is 0 Å². The largest absolute Gasteiger partial charge is 0.476 e. The minimum absolute atomic E-state index is 0.493. The SMILES string of the molecule is CCOC1=C[N]N=N1. The Morgan fingerprint density at radius 1 is 1.75 bits per heavy atom. The van der Waals surface area contributed by atoms with E-state index in [9.17, 15) is 0 Å². The Balaban J connectivity index is 2.34. The number of hydrogen-bond acceptors (Lipinski definition) is 3. The predicted octanol–water partition coefficient (Wildman–Crippen LogP) is 0.807. The van der Waals surface area contributed by atoms with E-state index in [1.165, 1.54) is 6.20 Å². The first-order valence-corrected chi connectivity index (χ1v) is 2.37. The Labute approximate surface area is 47.2 Å². The second kappa shape index (κ2) is 2.30. The lowest BCUT2D eigenvalue weighted by Gasteiger charge is -1.93. The highest BCUT2D eigenvalue weighted by Gasteiger charge is 1.98. The molecule has 0 unspecified atom stereocenters. The van der Waals surface area contributed by atoms with E-state index in [-0.39, 0.29) is 0 Å². The Kier molecular flexibility index (Phi) is 1.46. The molecule has 0 spiro atoms. The van der Waals surface area contributed by atoms with Crippen LogP contribution in [0, 0.1) is 0 Å². The van der Waals surface area contributed by atoms with Crippen LogP contribution in [0.3, 0.4) is 0 Å². The van der Waals surface area contributed by atoms with Gasteiger partial charge in [-0.2, -0.15) is 0 Å². The maximum atomic E-state index is 4.91. The van der Waals surface area contributed by atoms with Crippen molar-refractivity contribution < 1.29 is 4.74 Å². The zero-order valence-corrected chi connectivity index (χ0v) is 4.53. The fourth-order valence-corrected chi connectivity index (χ4v) is 0.385. The van der Waals surface area contributed by atoms with Gasteiger partial charge in [-0.3, -0.25) is 0 Å². The molecule has 0 fully saturated rings. The molecule has 4 nitrogen and oxygen atoms in total. The molecule has 0 saturated carbocycles. The lowest BCUT2D eigenvalue weighted by Crippen LogP contribution is -1.85. The van der Waals surface area contributed by atoms with E-state index in [2.05, 4.69) is 15.8 Å². The molecule has 0 aromatic carbocycles. The molecule has 43 valence electrons. The van der Waals surface area contributed by atoms with Crippen molar-refractivity contribution in [1.29, 1.82) is 0 Å². The lowest BCUT2D eigenvalue weighted by atomic mass is 10.8. The average Bonchev–Trinajstić information content (AvgIpc) is 2.19. The fraction of sp³-hybridized carbons (Fsp3) is 0.500. The van der Waals surface area contributed by atoms with E-state index in [1.807, 2.05) is 6.92 Å². The zero-order valence-electron chi connectivity index (χ0n) is 4.53. The van der Waals surface area contributed by atoms with Gasteiger partial charge in [0, 0.05) is 0 Å². The van der Waals surface area contributed by atoms with Crippen LogP contribution in [0.25, 0.3) is 0 Å². The molecule has 0 atom stereocenters. The van der Waals surface area contributed by atoms with E-state index in [1.54, 1.807) is 0 Å². The summed E-state index contributed by atoms with van der Waals surface area (Å²) in [6.45, 7) is 2.50. The van der Waals surface area contributed by atoms with Gasteiger partial charge in [-0.15, -0.1) is 5.43 Å². The maximum absolute atomic E-state index is 4.91. The molecule has 4 heteroatoms. The third-order valence-corrected chi connectivity index (χ3v) is 0.655. The van der Waals surface area contributed by atoms with Crippen molar-refractivity contribution in [2.45, 2.75) is 6.92 Å². The summed E-state index contributed by atoms with van der Waals surface area (Å²) in [6.07, 6.45) is 1.48. The van der Waals surface area contributed by atoms with Crippen molar-refractivity contribution in [2.75, 3.05) is 6.61 Å². The molecule has 0 aromatic rings. The van der Waals surface area contributed by atoms with Crippen molar-refractivity contribution in [3.63, 3.8) is 0 Å². The van der Waals surface area contributed by atoms with Gasteiger partial charge in [0.25, 0.3) is 5.88 Å². The van der Waals surface area contributed by atoms with E-state index in [0.29, 0.717) is 12.5 Å². The standard InChI is InChI=1S/C4H6N3O/c1-2-8-4-3-5-7-6-4/h3H,2H2,1H3. The van der Waals surface area contributed by atoms with E-state index in [0.717, 1.165) is 0 Å². The topological polar surface area (TPSA) is 48.0 Å². The Morgan fingerprint density at radius 3 is 3.12 bits per heavy atom. The second-order valence-electron chi connectivity index (χ2n) is 1.21. The first-order valence-electron chi connectivity index (χ1n) is 2.37. The molecule has 1 rings (SSSR count). The molecule has 0 bridgehead atoms. The highest BCUT2D eigenvalue weighted by Crippen LogP contribution is 2.03. The molecule has 0 aromatic heterocycles. The third kappa shape index (κ3) is 0.959. The normalized spacial score (nSPS) is 15.4. The first kappa shape index (κ1) is 5.08. The van der Waals surface area contributed by atoms with Gasteiger partial charge in [0.05, 0.1) is 6.61 Å². The van der Waals surface area contributed by atoms with Gasteiger partial charge in [-0.1, -0.05) is 5.11 Å². The molecular weight excluding hydrogens is 106 g/mol. The van der Waals surface area contributed by atoms with E-state index in [4.69, 9.17) is 4.74 Å². The molecule has 1 radical (unpaired) electrons. The van der Waals surface area contributed by atoms with Gasteiger partial charge in [-0.05, 0) is 12.1 Å². The summed E-state index contributed by atoms with van der Waals surface area (Å²) in [5, 5.41) is 6.84. The van der Waals surface area contributed by atoms with Crippen LogP contribution >= 0.6 is 0 Å². The molecular formula is C4H6N3O. The number of rotatable bonds is 2. The summed E-state index contributed by atoms with van der Waals surface area (Å²) >= 11 is 0. The maximum Gasteiger partial charge on any atom is 0.255 e. The summed E-state index contributed by atoms with van der Waals surface area (Å²) in [4.78, 5) is 0. The second-order valence-corrected chi connectivity index (χ2v) is 1.21. The van der Waals surface area contributed by atoms with E-state index >= 15 is 0 Å². The van der Waals surface area contributed by atoms with Crippen LogP contribution in [0.4, 0.5) is 0 Å². The predicted molar refractivity (Wildman–Crippen MR) is 26.7 cm³/mol. The van der Waals surface area contributed by atoms with Crippen molar-refractivity contribution >= 4 is 0 Å². The number of hydrogen-bond donors (Lipinski definition) is 0. The third-order valence-electron chi connectivity index (χ3n) is 0.655. The molecule has 1 aliphatic heterocycles. The summed E-state index contributed by atoms with van der Waals surface area (Å²) in [5.74, 6) is 0.493. The van der Waals surface area contributed by atoms with Crippen LogP contribution in [0.15, 0.2) is 22.4 Å². The monoisotopic (exact) mass is 112 g/mol. The number of ether oxygens (including phenoxy) is 1. The van der Waals surface area contributed by atoms with Crippen molar-refractivity contribution in [3.05, 3.63) is 12.1 Å². The summed E-state index contributed by atoms with van der Waals surface area (Å²) < 4.78 is 4.91. The van der Waals surface area contributed by atoms with Gasteiger partial charge in [0.1, 0.15) is 6.20 Å². The zero-order chi connectivity index (χ0) is 5.82. The molecule has 1 aliphatic rings. The Morgan fingerprint density at radius 2 is 2.62 bits per heavy atom. The van der Waals surface area contributed by atoms with Gasteiger partial charge >= 0.3 is 0 Å². The minimum Gasteiger partial charge on any atom is -0.476 e. The minimum atomic E-state index is 0.493. The molecule has 8 heavy (non-hydrogen) atoms. The smallest absolute Gasteiger partial charge is 0.255 e. The highest BCUT2D eigenvalue weighted by atomic mass is 16.5. The summed E-state index contributed by atoms with van der Waals surface area (Å²) in [6, 6.07) is 0. The van der Waals surface area contributed by atoms with Gasteiger partial charge in [0.2, 0.25) is 0 Å². The molecule has 0 N–H and O–H groups in total. The molecule has 1 heterocycles. The fourth-order valence-electron chi connectivity index (χ4n) is 0.385. The van der Waals surface area contributed by atoms with Crippen molar-refractivity contribution in [3.8, 4) is 0 Å². The molecule has 0 saturated heterocycles. The van der Waals surface area contributed by atoms with Crippen LogP contribution in [-0.4, -0.2) is 6.61 Å². The molecule has 0 aliphatic carbocycles. The summed E-state index contributed by atoms with van der Waals surface area (Å²) in [5.41, 5.74) is 3.45. The van der Waals surface area contributed by atoms with Crippen LogP contribution in [0.1, 0.15) is 6.92 Å². The van der Waals surface area contributed by atoms with Crippen LogP contribution in [0.2, 0.25) is 0 Å². The van der Waals surface area contributed by atoms with Crippen LogP contribution in [0.5, 0.6) is 0 Å². The Hall–Kier alpha value is -1.06. The van der Waals surface area contributed by atoms with Gasteiger partial charge in [-0.25, -0.2) is 0 Å². The lowest BCUT2D eigenvalue weighted by molar-refractivity contribution is 0.226.